The molecule has 0 radical (unpaired) electrons. The number of carbonyl (C=O) groups is 1. The average molecular weight is 330 g/mol. The van der Waals surface area contributed by atoms with Crippen LogP contribution in [0.5, 0.6) is 5.75 Å². The largest absolute Gasteiger partial charge is 0.481 e. The third-order valence-corrected chi connectivity index (χ3v) is 4.36. The van der Waals surface area contributed by atoms with Crippen LogP contribution < -0.4 is 10.1 Å². The summed E-state index contributed by atoms with van der Waals surface area (Å²) in [5, 5.41) is 11.8. The van der Waals surface area contributed by atoms with Crippen molar-refractivity contribution in [2.45, 2.75) is 45.8 Å². The van der Waals surface area contributed by atoms with Gasteiger partial charge in [0.25, 0.3) is 5.91 Å². The van der Waals surface area contributed by atoms with Crippen LogP contribution in [0.3, 0.4) is 0 Å². The van der Waals surface area contributed by atoms with Gasteiger partial charge in [-0.2, -0.15) is 5.26 Å². The standard InChI is InChI=1S/C19H26N2O3/c1-13(2)18-16(5-4-10-23-18)12-21-19(22)14(3)24-17-8-6-15(11-20)7-9-17/h6-9,13-14,16,18H,4-5,10,12H2,1-3H3,(H,21,22)/t14-,16+,18+/m0/s1. The highest BCUT2D eigenvalue weighted by Crippen LogP contribution is 2.25. The molecule has 1 aromatic rings. The summed E-state index contributed by atoms with van der Waals surface area (Å²) in [6.07, 6.45) is 1.74. The summed E-state index contributed by atoms with van der Waals surface area (Å²) in [6, 6.07) is 8.80. The van der Waals surface area contributed by atoms with Gasteiger partial charge in [-0.15, -0.1) is 0 Å². The number of ether oxygens (including phenoxy) is 2. The van der Waals surface area contributed by atoms with E-state index in [0.29, 0.717) is 29.7 Å². The van der Waals surface area contributed by atoms with E-state index in [1.54, 1.807) is 31.2 Å². The molecule has 0 spiro atoms. The van der Waals surface area contributed by atoms with Crippen LogP contribution in [-0.2, 0) is 9.53 Å². The van der Waals surface area contributed by atoms with Crippen molar-refractivity contribution >= 4 is 5.91 Å². The van der Waals surface area contributed by atoms with E-state index in [4.69, 9.17) is 14.7 Å². The summed E-state index contributed by atoms with van der Waals surface area (Å²) in [5.41, 5.74) is 0.566. The third-order valence-electron chi connectivity index (χ3n) is 4.36. The summed E-state index contributed by atoms with van der Waals surface area (Å²) < 4.78 is 11.5. The van der Waals surface area contributed by atoms with Crippen LogP contribution in [0.4, 0.5) is 0 Å². The molecule has 5 heteroatoms. The minimum atomic E-state index is -0.583. The van der Waals surface area contributed by atoms with Crippen LogP contribution in [0.15, 0.2) is 24.3 Å². The van der Waals surface area contributed by atoms with E-state index >= 15 is 0 Å². The normalized spacial score (nSPS) is 21.8. The van der Waals surface area contributed by atoms with Crippen molar-refractivity contribution < 1.29 is 14.3 Å². The molecule has 1 aliphatic rings. The molecule has 3 atom stereocenters. The summed E-state index contributed by atoms with van der Waals surface area (Å²) in [7, 11) is 0. The number of carbonyl (C=O) groups excluding carboxylic acids is 1. The maximum absolute atomic E-state index is 12.3. The van der Waals surface area contributed by atoms with Crippen LogP contribution in [0.2, 0.25) is 0 Å². The molecule has 0 aromatic heterocycles. The molecular weight excluding hydrogens is 304 g/mol. The van der Waals surface area contributed by atoms with Gasteiger partial charge in [0.05, 0.1) is 17.7 Å². The van der Waals surface area contributed by atoms with Gasteiger partial charge in [0.2, 0.25) is 0 Å². The number of amides is 1. The van der Waals surface area contributed by atoms with E-state index in [-0.39, 0.29) is 12.0 Å². The Morgan fingerprint density at radius 3 is 2.71 bits per heavy atom. The number of nitriles is 1. The Hall–Kier alpha value is -2.06. The van der Waals surface area contributed by atoms with Gasteiger partial charge in [0.1, 0.15) is 5.75 Å². The Labute approximate surface area is 144 Å². The van der Waals surface area contributed by atoms with Crippen molar-refractivity contribution in [3.63, 3.8) is 0 Å². The van der Waals surface area contributed by atoms with Crippen LogP contribution in [0.1, 0.15) is 39.2 Å². The zero-order chi connectivity index (χ0) is 17.5. The van der Waals surface area contributed by atoms with E-state index < -0.39 is 6.10 Å². The Morgan fingerprint density at radius 2 is 2.08 bits per heavy atom. The van der Waals surface area contributed by atoms with Crippen molar-refractivity contribution in [2.24, 2.45) is 11.8 Å². The molecule has 130 valence electrons. The molecule has 0 aliphatic carbocycles. The number of hydrogen-bond donors (Lipinski definition) is 1. The average Bonchev–Trinajstić information content (AvgIpc) is 2.60. The number of nitrogens with zero attached hydrogens (tertiary/aromatic N) is 1. The fourth-order valence-corrected chi connectivity index (χ4v) is 3.06. The van der Waals surface area contributed by atoms with Gasteiger partial charge >= 0.3 is 0 Å². The molecule has 0 saturated carbocycles. The first kappa shape index (κ1) is 18.3. The summed E-state index contributed by atoms with van der Waals surface area (Å²) in [4.78, 5) is 12.3. The second-order valence-corrected chi connectivity index (χ2v) is 6.62. The number of nitrogens with one attached hydrogen (secondary N) is 1. The van der Waals surface area contributed by atoms with Gasteiger partial charge in [-0.1, -0.05) is 13.8 Å². The topological polar surface area (TPSA) is 71.3 Å². The molecule has 1 fully saturated rings. The minimum Gasteiger partial charge on any atom is -0.481 e. The van der Waals surface area contributed by atoms with Crippen LogP contribution in [0, 0.1) is 23.2 Å². The number of hydrogen-bond acceptors (Lipinski definition) is 4. The Balaban J connectivity index is 1.83. The maximum atomic E-state index is 12.3. The van der Waals surface area contributed by atoms with Crippen LogP contribution in [0.25, 0.3) is 0 Å². The Kier molecular flexibility index (Phi) is 6.62. The lowest BCUT2D eigenvalue weighted by Gasteiger charge is -2.34. The summed E-state index contributed by atoms with van der Waals surface area (Å²) in [5.74, 6) is 1.24. The van der Waals surface area contributed by atoms with Gasteiger partial charge < -0.3 is 14.8 Å². The van der Waals surface area contributed by atoms with E-state index in [2.05, 4.69) is 25.2 Å². The van der Waals surface area contributed by atoms with Gasteiger partial charge in [-0.05, 0) is 49.9 Å². The second kappa shape index (κ2) is 8.70. The molecule has 2 rings (SSSR count). The Morgan fingerprint density at radius 1 is 1.38 bits per heavy atom. The third kappa shape index (κ3) is 4.97. The van der Waals surface area contributed by atoms with Crippen molar-refractivity contribution in [2.75, 3.05) is 13.2 Å². The van der Waals surface area contributed by atoms with E-state index in [1.165, 1.54) is 0 Å². The fourth-order valence-electron chi connectivity index (χ4n) is 3.06. The molecule has 24 heavy (non-hydrogen) atoms. The van der Waals surface area contributed by atoms with E-state index in [9.17, 15) is 4.79 Å². The predicted octanol–water partition coefficient (Wildman–Crippen LogP) is 2.89. The number of benzene rings is 1. The molecule has 1 amide bonds. The van der Waals surface area contributed by atoms with Gasteiger partial charge in [0, 0.05) is 19.1 Å². The first-order chi connectivity index (χ1) is 11.5. The zero-order valence-corrected chi connectivity index (χ0v) is 14.6. The fraction of sp³-hybridized carbons (Fsp3) is 0.579. The van der Waals surface area contributed by atoms with Crippen LogP contribution in [-0.4, -0.2) is 31.3 Å². The van der Waals surface area contributed by atoms with Crippen LogP contribution >= 0.6 is 0 Å². The molecule has 1 aromatic carbocycles. The SMILES string of the molecule is CC(C)[C@H]1OCCC[C@@H]1CNC(=O)[C@H](C)Oc1ccc(C#N)cc1. The molecule has 1 aliphatic heterocycles. The lowest BCUT2D eigenvalue weighted by molar-refractivity contribution is -0.128. The summed E-state index contributed by atoms with van der Waals surface area (Å²) >= 11 is 0. The predicted molar refractivity (Wildman–Crippen MR) is 91.6 cm³/mol. The highest BCUT2D eigenvalue weighted by atomic mass is 16.5. The van der Waals surface area contributed by atoms with Gasteiger partial charge in [-0.3, -0.25) is 4.79 Å². The highest BCUT2D eigenvalue weighted by molar-refractivity contribution is 5.80. The first-order valence-corrected chi connectivity index (χ1v) is 8.57. The number of rotatable bonds is 6. The molecule has 0 bridgehead atoms. The van der Waals surface area contributed by atoms with Crippen molar-refractivity contribution in [3.8, 4) is 11.8 Å². The molecule has 5 nitrogen and oxygen atoms in total. The lowest BCUT2D eigenvalue weighted by atomic mass is 9.87. The van der Waals surface area contributed by atoms with E-state index in [1.807, 2.05) is 0 Å². The van der Waals surface area contributed by atoms with Crippen molar-refractivity contribution in [1.29, 1.82) is 5.26 Å². The molecule has 1 heterocycles. The van der Waals surface area contributed by atoms with Gasteiger partial charge in [-0.25, -0.2) is 0 Å². The van der Waals surface area contributed by atoms with E-state index in [0.717, 1.165) is 19.4 Å². The van der Waals surface area contributed by atoms with Crippen molar-refractivity contribution in [1.82, 2.24) is 5.32 Å². The monoisotopic (exact) mass is 330 g/mol. The smallest absolute Gasteiger partial charge is 0.260 e. The molecule has 1 saturated heterocycles. The van der Waals surface area contributed by atoms with Gasteiger partial charge in [0.15, 0.2) is 6.10 Å². The zero-order valence-electron chi connectivity index (χ0n) is 14.6. The second-order valence-electron chi connectivity index (χ2n) is 6.62. The first-order valence-electron chi connectivity index (χ1n) is 8.57. The molecule has 1 N–H and O–H groups in total. The maximum Gasteiger partial charge on any atom is 0.260 e. The van der Waals surface area contributed by atoms with Crippen molar-refractivity contribution in [3.05, 3.63) is 29.8 Å². The quantitative estimate of drug-likeness (QED) is 0.870. The lowest BCUT2D eigenvalue weighted by Crippen LogP contribution is -2.44. The molecule has 0 unspecified atom stereocenters. The highest BCUT2D eigenvalue weighted by Gasteiger charge is 2.29. The minimum absolute atomic E-state index is 0.132. The molecular formula is C19H26N2O3. The summed E-state index contributed by atoms with van der Waals surface area (Å²) in [6.45, 7) is 7.46. The Bertz CT molecular complexity index is 577.